The fourth-order valence-electron chi connectivity index (χ4n) is 4.61. The number of nitrogens with zero attached hydrogens (tertiary/aromatic N) is 3. The number of benzene rings is 3. The fraction of sp³-hybridized carbons (Fsp3) is 0.222. The number of β-amino-alcohol motifs (C(OH)–C–C–N with tert-alkyl or cyclic N) is 1. The van der Waals surface area contributed by atoms with Gasteiger partial charge in [-0.05, 0) is 53.9 Å². The zero-order chi connectivity index (χ0) is 25.8. The van der Waals surface area contributed by atoms with Crippen LogP contribution in [0.15, 0.2) is 65.7 Å². The lowest BCUT2D eigenvalue weighted by atomic mass is 9.92. The van der Waals surface area contributed by atoms with Crippen LogP contribution in [0.25, 0.3) is 27.9 Å². The minimum Gasteiger partial charge on any atom is -0.507 e. The van der Waals surface area contributed by atoms with Crippen molar-refractivity contribution in [3.63, 3.8) is 0 Å². The highest BCUT2D eigenvalue weighted by Crippen LogP contribution is 2.42. The van der Waals surface area contributed by atoms with E-state index in [0.717, 1.165) is 11.3 Å². The lowest BCUT2D eigenvalue weighted by molar-refractivity contribution is -0.0360. The molecule has 0 amide bonds. The van der Waals surface area contributed by atoms with E-state index in [2.05, 4.69) is 0 Å². The molecular formula is C27H25ClFN3O4. The molecule has 0 aliphatic carbocycles. The Labute approximate surface area is 211 Å². The van der Waals surface area contributed by atoms with E-state index in [1.807, 2.05) is 24.0 Å². The van der Waals surface area contributed by atoms with Gasteiger partial charge >= 0.3 is 5.69 Å². The van der Waals surface area contributed by atoms with E-state index in [4.69, 9.17) is 11.6 Å². The molecule has 5 rings (SSSR count). The standard InChI is InChI=1S/C27H25ClFN3O4/c1-16-3-4-18(10-24(16)31-13-27(36,14-31)15-33)21-12-19(29)11-20(25(21)34)17-5-6-23(22(28)9-17)32-8-7-30(2)26(32)35/h3-12,33-34,36H,13-15H2,1-2H3. The molecule has 0 spiro atoms. The van der Waals surface area contributed by atoms with Gasteiger partial charge in [0.25, 0.3) is 0 Å². The van der Waals surface area contributed by atoms with Gasteiger partial charge in [-0.3, -0.25) is 4.57 Å². The molecule has 9 heteroatoms. The van der Waals surface area contributed by atoms with Crippen molar-refractivity contribution in [1.29, 1.82) is 0 Å². The lowest BCUT2D eigenvalue weighted by Gasteiger charge is -2.47. The molecule has 2 heterocycles. The zero-order valence-electron chi connectivity index (χ0n) is 19.7. The summed E-state index contributed by atoms with van der Waals surface area (Å²) in [5.41, 5.74) is 2.54. The maximum atomic E-state index is 14.8. The normalized spacial score (nSPS) is 14.7. The number of imidazole rings is 1. The average Bonchev–Trinajstić information content (AvgIpc) is 3.16. The van der Waals surface area contributed by atoms with E-state index >= 15 is 0 Å². The molecule has 186 valence electrons. The number of aliphatic hydroxyl groups is 2. The monoisotopic (exact) mass is 509 g/mol. The number of aromatic nitrogens is 2. The molecule has 7 nitrogen and oxygen atoms in total. The highest BCUT2D eigenvalue weighted by molar-refractivity contribution is 6.32. The second-order valence-electron chi connectivity index (χ2n) is 9.32. The van der Waals surface area contributed by atoms with Gasteiger partial charge in [-0.15, -0.1) is 0 Å². The van der Waals surface area contributed by atoms with Gasteiger partial charge in [0.15, 0.2) is 0 Å². The van der Waals surface area contributed by atoms with Gasteiger partial charge in [0.2, 0.25) is 0 Å². The van der Waals surface area contributed by atoms with Crippen LogP contribution in [0.4, 0.5) is 10.1 Å². The van der Waals surface area contributed by atoms with E-state index in [1.54, 1.807) is 43.7 Å². The van der Waals surface area contributed by atoms with Crippen LogP contribution in [0.1, 0.15) is 5.56 Å². The van der Waals surface area contributed by atoms with Gasteiger partial charge < -0.3 is 24.8 Å². The summed E-state index contributed by atoms with van der Waals surface area (Å²) < 4.78 is 17.6. The van der Waals surface area contributed by atoms with Crippen LogP contribution >= 0.6 is 11.6 Å². The average molecular weight is 510 g/mol. The molecule has 0 unspecified atom stereocenters. The van der Waals surface area contributed by atoms with Crippen molar-refractivity contribution in [3.05, 3.63) is 87.8 Å². The highest BCUT2D eigenvalue weighted by atomic mass is 35.5. The van der Waals surface area contributed by atoms with Crippen molar-refractivity contribution in [2.75, 3.05) is 24.6 Å². The third-order valence-corrected chi connectivity index (χ3v) is 6.97. The zero-order valence-corrected chi connectivity index (χ0v) is 20.5. The smallest absolute Gasteiger partial charge is 0.332 e. The summed E-state index contributed by atoms with van der Waals surface area (Å²) in [5.74, 6) is -0.639. The summed E-state index contributed by atoms with van der Waals surface area (Å²) in [4.78, 5) is 14.2. The molecule has 1 aliphatic rings. The topological polar surface area (TPSA) is 90.9 Å². The number of phenols is 1. The molecule has 3 N–H and O–H groups in total. The van der Waals surface area contributed by atoms with Gasteiger partial charge in [-0.1, -0.05) is 29.8 Å². The summed E-state index contributed by atoms with van der Waals surface area (Å²) in [7, 11) is 1.64. The molecule has 0 saturated carbocycles. The van der Waals surface area contributed by atoms with Crippen LogP contribution in [0, 0.1) is 12.7 Å². The quantitative estimate of drug-likeness (QED) is 0.380. The Morgan fingerprint density at radius 1 is 1.00 bits per heavy atom. The van der Waals surface area contributed by atoms with Crippen LogP contribution in [-0.2, 0) is 7.05 Å². The molecule has 36 heavy (non-hydrogen) atoms. The Hall–Kier alpha value is -3.59. The van der Waals surface area contributed by atoms with Crippen molar-refractivity contribution in [2.24, 2.45) is 7.05 Å². The summed E-state index contributed by atoms with van der Waals surface area (Å²) in [5, 5.41) is 31.0. The number of hydrogen-bond donors (Lipinski definition) is 3. The third kappa shape index (κ3) is 4.07. The highest BCUT2D eigenvalue weighted by Gasteiger charge is 2.41. The Kier molecular flexibility index (Phi) is 5.90. The molecule has 3 aromatic carbocycles. The molecule has 0 atom stereocenters. The predicted molar refractivity (Wildman–Crippen MR) is 138 cm³/mol. The number of phenolic OH excluding ortho intramolecular Hbond substituents is 1. The molecule has 1 aliphatic heterocycles. The number of aryl methyl sites for hydroxylation is 2. The van der Waals surface area contributed by atoms with E-state index in [1.165, 1.54) is 21.3 Å². The van der Waals surface area contributed by atoms with E-state index in [-0.39, 0.29) is 41.7 Å². The Morgan fingerprint density at radius 2 is 1.64 bits per heavy atom. The molecule has 0 bridgehead atoms. The van der Waals surface area contributed by atoms with Crippen molar-refractivity contribution < 1.29 is 19.7 Å². The van der Waals surface area contributed by atoms with Crippen molar-refractivity contribution in [1.82, 2.24) is 9.13 Å². The summed E-state index contributed by atoms with van der Waals surface area (Å²) in [6.45, 7) is 2.16. The number of hydrogen-bond acceptors (Lipinski definition) is 5. The number of rotatable bonds is 5. The SMILES string of the molecule is Cc1ccc(-c2cc(F)cc(-c3ccc(-n4ccn(C)c4=O)c(Cl)c3)c2O)cc1N1CC(O)(CO)C1. The second-order valence-corrected chi connectivity index (χ2v) is 9.72. The maximum Gasteiger partial charge on any atom is 0.332 e. The molecular weight excluding hydrogens is 485 g/mol. The van der Waals surface area contributed by atoms with Crippen molar-refractivity contribution in [3.8, 4) is 33.7 Å². The van der Waals surface area contributed by atoms with Gasteiger partial charge in [0, 0.05) is 36.3 Å². The number of anilines is 1. The van der Waals surface area contributed by atoms with Gasteiger partial charge in [-0.25, -0.2) is 9.18 Å². The van der Waals surface area contributed by atoms with Crippen LogP contribution in [0.5, 0.6) is 5.75 Å². The molecule has 0 radical (unpaired) electrons. The van der Waals surface area contributed by atoms with Crippen LogP contribution in [0.2, 0.25) is 5.02 Å². The summed E-state index contributed by atoms with van der Waals surface area (Å²) in [6, 6.07) is 12.9. The predicted octanol–water partition coefficient (Wildman–Crippen LogP) is 3.86. The Morgan fingerprint density at radius 3 is 2.22 bits per heavy atom. The first kappa shape index (κ1) is 24.1. The second kappa shape index (κ2) is 8.81. The van der Waals surface area contributed by atoms with Crippen molar-refractivity contribution in [2.45, 2.75) is 12.5 Å². The van der Waals surface area contributed by atoms with Gasteiger partial charge in [0.1, 0.15) is 17.2 Å². The number of aromatic hydroxyl groups is 1. The molecule has 1 fully saturated rings. The van der Waals surface area contributed by atoms with Crippen LogP contribution < -0.4 is 10.6 Å². The number of aliphatic hydroxyl groups excluding tert-OH is 1. The summed E-state index contributed by atoms with van der Waals surface area (Å²) >= 11 is 6.49. The molecule has 4 aromatic rings. The van der Waals surface area contributed by atoms with Crippen LogP contribution in [0.3, 0.4) is 0 Å². The summed E-state index contributed by atoms with van der Waals surface area (Å²) in [6.07, 6.45) is 3.23. The molecule has 1 aromatic heterocycles. The molecule has 1 saturated heterocycles. The van der Waals surface area contributed by atoms with Crippen LogP contribution in [-0.4, -0.2) is 49.8 Å². The minimum atomic E-state index is -1.13. The number of halogens is 2. The van der Waals surface area contributed by atoms with Crippen molar-refractivity contribution >= 4 is 17.3 Å². The van der Waals surface area contributed by atoms with E-state index in [9.17, 15) is 24.5 Å². The fourth-order valence-corrected chi connectivity index (χ4v) is 4.88. The minimum absolute atomic E-state index is 0.109. The van der Waals surface area contributed by atoms with E-state index in [0.29, 0.717) is 22.4 Å². The maximum absolute atomic E-state index is 14.8. The first-order chi connectivity index (χ1) is 17.1. The third-order valence-electron chi connectivity index (χ3n) is 6.67. The Bertz CT molecular complexity index is 1540. The van der Waals surface area contributed by atoms with Gasteiger partial charge in [-0.2, -0.15) is 0 Å². The first-order valence-corrected chi connectivity index (χ1v) is 11.7. The van der Waals surface area contributed by atoms with E-state index < -0.39 is 11.4 Å². The van der Waals surface area contributed by atoms with Gasteiger partial charge in [0.05, 0.1) is 30.4 Å². The largest absolute Gasteiger partial charge is 0.507 e. The first-order valence-electron chi connectivity index (χ1n) is 11.4. The lowest BCUT2D eigenvalue weighted by Crippen LogP contribution is -2.64. The Balaban J connectivity index is 1.54.